The Labute approximate surface area is 91.1 Å². The third-order valence-electron chi connectivity index (χ3n) is 2.85. The Balaban J connectivity index is 2.39. The molecule has 1 aliphatic rings. The minimum Gasteiger partial charge on any atom is -0.396 e. The zero-order valence-electron chi connectivity index (χ0n) is 8.51. The molecule has 2 N–H and O–H groups in total. The monoisotopic (exact) mass is 231 g/mol. The van der Waals surface area contributed by atoms with Gasteiger partial charge in [0.1, 0.15) is 0 Å². The van der Waals surface area contributed by atoms with Crippen molar-refractivity contribution in [3.8, 4) is 0 Å². The number of fused-ring (bicyclic) bond motifs is 1. The first-order valence-corrected chi connectivity index (χ1v) is 5.08. The molecule has 2 rings (SSSR count). The molecule has 0 spiro atoms. The molecule has 0 aliphatic carbocycles. The van der Waals surface area contributed by atoms with Gasteiger partial charge in [0.25, 0.3) is 0 Å². The molecule has 1 atom stereocenters. The molecule has 16 heavy (non-hydrogen) atoms. The number of alkyl halides is 3. The lowest BCUT2D eigenvalue weighted by atomic mass is 9.91. The lowest BCUT2D eigenvalue weighted by molar-refractivity contribution is -0.137. The Kier molecular flexibility index (Phi) is 2.80. The van der Waals surface area contributed by atoms with Crippen LogP contribution in [0.4, 0.5) is 18.9 Å². The largest absolute Gasteiger partial charge is 0.416 e. The van der Waals surface area contributed by atoms with Crippen LogP contribution >= 0.6 is 0 Å². The van der Waals surface area contributed by atoms with Crippen molar-refractivity contribution in [1.29, 1.82) is 0 Å². The molecule has 1 aliphatic heterocycles. The summed E-state index contributed by atoms with van der Waals surface area (Å²) >= 11 is 0. The zero-order chi connectivity index (χ0) is 11.8. The fraction of sp³-hybridized carbons (Fsp3) is 0.455. The predicted molar refractivity (Wildman–Crippen MR) is 54.4 cm³/mol. The maximum absolute atomic E-state index is 12.5. The van der Waals surface area contributed by atoms with E-state index in [1.165, 1.54) is 6.07 Å². The van der Waals surface area contributed by atoms with Gasteiger partial charge in [-0.15, -0.1) is 0 Å². The van der Waals surface area contributed by atoms with E-state index in [-0.39, 0.29) is 12.5 Å². The SMILES string of the molecule is OCC1CCNc2cc(C(F)(F)F)ccc21. The van der Waals surface area contributed by atoms with Crippen molar-refractivity contribution >= 4 is 5.69 Å². The first kappa shape index (κ1) is 11.3. The van der Waals surface area contributed by atoms with Gasteiger partial charge >= 0.3 is 6.18 Å². The van der Waals surface area contributed by atoms with E-state index in [2.05, 4.69) is 5.32 Å². The molecule has 0 bridgehead atoms. The number of halogens is 3. The van der Waals surface area contributed by atoms with Gasteiger partial charge in [-0.2, -0.15) is 13.2 Å². The van der Waals surface area contributed by atoms with Gasteiger partial charge in [0, 0.05) is 18.2 Å². The van der Waals surface area contributed by atoms with Crippen LogP contribution in [0.15, 0.2) is 18.2 Å². The van der Waals surface area contributed by atoms with Gasteiger partial charge in [0.05, 0.1) is 12.2 Å². The number of hydrogen-bond acceptors (Lipinski definition) is 2. The van der Waals surface area contributed by atoms with Crippen LogP contribution in [0, 0.1) is 0 Å². The summed E-state index contributed by atoms with van der Waals surface area (Å²) in [5.74, 6) is -0.0569. The number of rotatable bonds is 1. The third-order valence-corrected chi connectivity index (χ3v) is 2.85. The van der Waals surface area contributed by atoms with Crippen molar-refractivity contribution in [1.82, 2.24) is 0 Å². The van der Waals surface area contributed by atoms with Crippen LogP contribution in [0.2, 0.25) is 0 Å². The van der Waals surface area contributed by atoms with Crippen LogP contribution in [-0.2, 0) is 6.18 Å². The number of benzene rings is 1. The van der Waals surface area contributed by atoms with Gasteiger partial charge in [0.15, 0.2) is 0 Å². The molecule has 88 valence electrons. The van der Waals surface area contributed by atoms with E-state index >= 15 is 0 Å². The molecule has 0 fully saturated rings. The third kappa shape index (κ3) is 2.00. The van der Waals surface area contributed by atoms with Gasteiger partial charge in [0.2, 0.25) is 0 Å². The van der Waals surface area contributed by atoms with Crippen LogP contribution < -0.4 is 5.32 Å². The van der Waals surface area contributed by atoms with Crippen LogP contribution in [0.25, 0.3) is 0 Å². The van der Waals surface area contributed by atoms with Gasteiger partial charge in [-0.25, -0.2) is 0 Å². The quantitative estimate of drug-likeness (QED) is 0.778. The molecular weight excluding hydrogens is 219 g/mol. The molecule has 5 heteroatoms. The van der Waals surface area contributed by atoms with Crippen LogP contribution in [0.3, 0.4) is 0 Å². The summed E-state index contributed by atoms with van der Waals surface area (Å²) < 4.78 is 37.4. The number of aliphatic hydroxyl groups is 1. The second-order valence-corrected chi connectivity index (χ2v) is 3.89. The van der Waals surface area contributed by atoms with E-state index in [1.807, 2.05) is 0 Å². The Morgan fingerprint density at radius 2 is 2.12 bits per heavy atom. The average Bonchev–Trinajstić information content (AvgIpc) is 2.26. The highest BCUT2D eigenvalue weighted by atomic mass is 19.4. The minimum absolute atomic E-state index is 0.0277. The van der Waals surface area contributed by atoms with Crippen molar-refractivity contribution in [3.63, 3.8) is 0 Å². The summed E-state index contributed by atoms with van der Waals surface area (Å²) in [6.45, 7) is 0.569. The standard InChI is InChI=1S/C11H12F3NO/c12-11(13,14)8-1-2-9-7(6-16)3-4-15-10(9)5-8/h1-2,5,7,15-16H,3-4,6H2. The van der Waals surface area contributed by atoms with Gasteiger partial charge in [-0.3, -0.25) is 0 Å². The van der Waals surface area contributed by atoms with Crippen LogP contribution in [-0.4, -0.2) is 18.3 Å². The number of nitrogens with one attached hydrogen (secondary N) is 1. The van der Waals surface area contributed by atoms with Gasteiger partial charge < -0.3 is 10.4 Å². The Morgan fingerprint density at radius 1 is 1.38 bits per heavy atom. The molecule has 1 unspecified atom stereocenters. The highest BCUT2D eigenvalue weighted by molar-refractivity contribution is 5.57. The molecule has 0 radical (unpaired) electrons. The van der Waals surface area contributed by atoms with Gasteiger partial charge in [-0.05, 0) is 24.1 Å². The minimum atomic E-state index is -4.32. The molecule has 0 amide bonds. The van der Waals surface area contributed by atoms with Crippen molar-refractivity contribution < 1.29 is 18.3 Å². The molecule has 1 aromatic carbocycles. The molecule has 0 saturated carbocycles. The Hall–Kier alpha value is -1.23. The van der Waals surface area contributed by atoms with E-state index in [1.54, 1.807) is 0 Å². The van der Waals surface area contributed by atoms with Crippen molar-refractivity contribution in [2.24, 2.45) is 0 Å². The molecular formula is C11H12F3NO. The zero-order valence-corrected chi connectivity index (χ0v) is 8.51. The molecule has 0 saturated heterocycles. The summed E-state index contributed by atoms with van der Waals surface area (Å²) in [5, 5.41) is 12.0. The van der Waals surface area contributed by atoms with Crippen molar-refractivity contribution in [2.75, 3.05) is 18.5 Å². The normalized spacial score (nSPS) is 20.1. The summed E-state index contributed by atoms with van der Waals surface area (Å²) in [4.78, 5) is 0. The van der Waals surface area contributed by atoms with Crippen LogP contribution in [0.5, 0.6) is 0 Å². The fourth-order valence-electron chi connectivity index (χ4n) is 1.97. The van der Waals surface area contributed by atoms with E-state index in [9.17, 15) is 13.2 Å². The maximum Gasteiger partial charge on any atom is 0.416 e. The average molecular weight is 231 g/mol. The topological polar surface area (TPSA) is 32.3 Å². The summed E-state index contributed by atoms with van der Waals surface area (Å²) in [7, 11) is 0. The van der Waals surface area contributed by atoms with Gasteiger partial charge in [-0.1, -0.05) is 6.07 Å². The maximum atomic E-state index is 12.5. The molecule has 2 nitrogen and oxygen atoms in total. The van der Waals surface area contributed by atoms with Crippen LogP contribution in [0.1, 0.15) is 23.5 Å². The van der Waals surface area contributed by atoms with Crippen molar-refractivity contribution in [3.05, 3.63) is 29.3 Å². The first-order chi connectivity index (χ1) is 7.52. The van der Waals surface area contributed by atoms with E-state index in [0.717, 1.165) is 24.1 Å². The van der Waals surface area contributed by atoms with Crippen molar-refractivity contribution in [2.45, 2.75) is 18.5 Å². The number of anilines is 1. The Morgan fingerprint density at radius 3 is 2.75 bits per heavy atom. The lowest BCUT2D eigenvalue weighted by Crippen LogP contribution is -2.20. The van der Waals surface area contributed by atoms with E-state index in [0.29, 0.717) is 12.2 Å². The predicted octanol–water partition coefficient (Wildman–Crippen LogP) is 2.60. The summed E-state index contributed by atoms with van der Waals surface area (Å²) in [5.41, 5.74) is 0.596. The fourth-order valence-corrected chi connectivity index (χ4v) is 1.97. The smallest absolute Gasteiger partial charge is 0.396 e. The second-order valence-electron chi connectivity index (χ2n) is 3.89. The summed E-state index contributed by atoms with van der Waals surface area (Å²) in [6, 6.07) is 3.62. The first-order valence-electron chi connectivity index (χ1n) is 5.08. The highest BCUT2D eigenvalue weighted by Crippen LogP contribution is 2.36. The number of hydrogen-bond donors (Lipinski definition) is 2. The molecule has 1 heterocycles. The number of aliphatic hydroxyl groups excluding tert-OH is 1. The summed E-state index contributed by atoms with van der Waals surface area (Å²) in [6.07, 6.45) is -3.57. The Bertz CT molecular complexity index is 389. The molecule has 1 aromatic rings. The second kappa shape index (κ2) is 3.97. The van der Waals surface area contributed by atoms with E-state index < -0.39 is 11.7 Å². The molecule has 0 aromatic heterocycles. The lowest BCUT2D eigenvalue weighted by Gasteiger charge is -2.26. The van der Waals surface area contributed by atoms with E-state index in [4.69, 9.17) is 5.11 Å². The highest BCUT2D eigenvalue weighted by Gasteiger charge is 2.32.